The van der Waals surface area contributed by atoms with E-state index in [0.717, 1.165) is 11.3 Å². The molecular formula is C13H18N4O3S. The second-order valence-electron chi connectivity index (χ2n) is 4.02. The molecule has 0 spiro atoms. The van der Waals surface area contributed by atoms with Gasteiger partial charge in [0, 0.05) is 17.9 Å². The number of nitrogens with zero attached hydrogens (tertiary/aromatic N) is 2. The Labute approximate surface area is 127 Å². The first-order valence-electron chi connectivity index (χ1n) is 6.29. The number of aromatic nitrogens is 3. The minimum Gasteiger partial charge on any atom is -0.493 e. The van der Waals surface area contributed by atoms with Crippen molar-refractivity contribution in [1.29, 1.82) is 0 Å². The Kier molecular flexibility index (Phi) is 5.29. The van der Waals surface area contributed by atoms with Crippen LogP contribution in [0.25, 0.3) is 11.4 Å². The molecule has 0 saturated heterocycles. The number of benzene rings is 1. The zero-order valence-electron chi connectivity index (χ0n) is 12.2. The number of hydrogen-bond donors (Lipinski definition) is 2. The fourth-order valence-electron chi connectivity index (χ4n) is 1.81. The van der Waals surface area contributed by atoms with E-state index in [1.165, 1.54) is 11.8 Å². The van der Waals surface area contributed by atoms with E-state index in [4.69, 9.17) is 19.9 Å². The molecule has 0 radical (unpaired) electrons. The first-order chi connectivity index (χ1) is 10.2. The Morgan fingerprint density at radius 1 is 1.14 bits per heavy atom. The zero-order chi connectivity index (χ0) is 15.2. The Morgan fingerprint density at radius 2 is 1.81 bits per heavy atom. The summed E-state index contributed by atoms with van der Waals surface area (Å²) in [6.07, 6.45) is 0. The van der Waals surface area contributed by atoms with E-state index in [-0.39, 0.29) is 0 Å². The highest BCUT2D eigenvalue weighted by atomic mass is 32.2. The highest BCUT2D eigenvalue weighted by Gasteiger charge is 2.16. The quantitative estimate of drug-likeness (QED) is 0.749. The lowest BCUT2D eigenvalue weighted by Crippen LogP contribution is -2.01. The van der Waals surface area contributed by atoms with E-state index >= 15 is 0 Å². The molecule has 8 heteroatoms. The number of rotatable bonds is 7. The second kappa shape index (κ2) is 7.19. The van der Waals surface area contributed by atoms with Crippen LogP contribution >= 0.6 is 11.8 Å². The van der Waals surface area contributed by atoms with Gasteiger partial charge in [-0.25, -0.2) is 4.98 Å². The molecule has 0 unspecified atom stereocenters. The van der Waals surface area contributed by atoms with Crippen molar-refractivity contribution in [3.63, 3.8) is 0 Å². The summed E-state index contributed by atoms with van der Waals surface area (Å²) < 4.78 is 15.9. The summed E-state index contributed by atoms with van der Waals surface area (Å²) in [5.74, 6) is 3.08. The Bertz CT molecular complexity index is 578. The van der Waals surface area contributed by atoms with Crippen LogP contribution in [0.2, 0.25) is 0 Å². The van der Waals surface area contributed by atoms with Gasteiger partial charge < -0.3 is 19.9 Å². The Morgan fingerprint density at radius 3 is 2.33 bits per heavy atom. The number of methoxy groups -OCH3 is 3. The lowest BCUT2D eigenvalue weighted by Gasteiger charge is -2.13. The van der Waals surface area contributed by atoms with Gasteiger partial charge in [0.15, 0.2) is 17.3 Å². The summed E-state index contributed by atoms with van der Waals surface area (Å²) in [7, 11) is 4.71. The van der Waals surface area contributed by atoms with Crippen LogP contribution < -0.4 is 19.9 Å². The van der Waals surface area contributed by atoms with E-state index in [9.17, 15) is 0 Å². The minimum atomic E-state index is 0.543. The van der Waals surface area contributed by atoms with E-state index < -0.39 is 0 Å². The number of thioether (sulfide) groups is 1. The van der Waals surface area contributed by atoms with Gasteiger partial charge in [0.25, 0.3) is 0 Å². The zero-order valence-corrected chi connectivity index (χ0v) is 13.0. The molecule has 2 aromatic rings. The average Bonchev–Trinajstić information content (AvgIpc) is 3.00. The van der Waals surface area contributed by atoms with Crippen LogP contribution in [0.5, 0.6) is 17.2 Å². The van der Waals surface area contributed by atoms with Crippen LogP contribution in [-0.2, 0) is 0 Å². The monoisotopic (exact) mass is 310 g/mol. The third-order valence-electron chi connectivity index (χ3n) is 2.75. The molecule has 7 nitrogen and oxygen atoms in total. The van der Waals surface area contributed by atoms with Gasteiger partial charge in [-0.3, -0.25) is 5.10 Å². The van der Waals surface area contributed by atoms with Gasteiger partial charge in [-0.1, -0.05) is 11.8 Å². The molecule has 0 fully saturated rings. The fourth-order valence-corrected chi connectivity index (χ4v) is 2.37. The van der Waals surface area contributed by atoms with Crippen LogP contribution in [0.3, 0.4) is 0 Å². The molecule has 0 amide bonds. The highest BCUT2D eigenvalue weighted by molar-refractivity contribution is 7.99. The molecule has 21 heavy (non-hydrogen) atoms. The smallest absolute Gasteiger partial charge is 0.208 e. The summed E-state index contributed by atoms with van der Waals surface area (Å²) in [4.78, 5) is 4.41. The maximum atomic E-state index is 5.47. The third-order valence-corrected chi connectivity index (χ3v) is 3.63. The average molecular weight is 310 g/mol. The SMILES string of the molecule is COc1cc(-c2nc(SCCN)n[nH]2)cc(OC)c1OC. The van der Waals surface area contributed by atoms with Crippen molar-refractivity contribution in [1.82, 2.24) is 15.2 Å². The topological polar surface area (TPSA) is 95.3 Å². The number of H-pyrrole nitrogens is 1. The third kappa shape index (κ3) is 3.40. The van der Waals surface area contributed by atoms with Crippen molar-refractivity contribution < 1.29 is 14.2 Å². The van der Waals surface area contributed by atoms with Crippen LogP contribution in [0, 0.1) is 0 Å². The van der Waals surface area contributed by atoms with Crippen LogP contribution in [0.4, 0.5) is 0 Å². The van der Waals surface area contributed by atoms with Gasteiger partial charge in [0.05, 0.1) is 21.3 Å². The summed E-state index contributed by atoms with van der Waals surface area (Å²) in [6.45, 7) is 0.582. The van der Waals surface area contributed by atoms with Gasteiger partial charge in [-0.05, 0) is 12.1 Å². The molecule has 1 heterocycles. The van der Waals surface area contributed by atoms with Gasteiger partial charge in [0.1, 0.15) is 0 Å². The molecule has 0 atom stereocenters. The summed E-state index contributed by atoms with van der Waals surface area (Å²) >= 11 is 1.50. The molecule has 0 bridgehead atoms. The first-order valence-corrected chi connectivity index (χ1v) is 7.27. The fraction of sp³-hybridized carbons (Fsp3) is 0.385. The minimum absolute atomic E-state index is 0.543. The molecule has 0 aliphatic carbocycles. The van der Waals surface area contributed by atoms with E-state index in [2.05, 4.69) is 15.2 Å². The van der Waals surface area contributed by atoms with Gasteiger partial charge >= 0.3 is 0 Å². The van der Waals surface area contributed by atoms with Crippen molar-refractivity contribution in [2.24, 2.45) is 5.73 Å². The van der Waals surface area contributed by atoms with Crippen molar-refractivity contribution in [2.45, 2.75) is 5.16 Å². The van der Waals surface area contributed by atoms with Gasteiger partial charge in [-0.15, -0.1) is 5.10 Å². The van der Waals surface area contributed by atoms with E-state index in [1.54, 1.807) is 21.3 Å². The normalized spacial score (nSPS) is 10.5. The van der Waals surface area contributed by atoms with Gasteiger partial charge in [-0.2, -0.15) is 0 Å². The largest absolute Gasteiger partial charge is 0.493 e. The van der Waals surface area contributed by atoms with Crippen molar-refractivity contribution in [3.8, 4) is 28.6 Å². The number of aromatic amines is 1. The molecule has 1 aromatic carbocycles. The molecule has 0 aliphatic heterocycles. The highest BCUT2D eigenvalue weighted by Crippen LogP contribution is 2.40. The number of ether oxygens (including phenoxy) is 3. The van der Waals surface area contributed by atoms with Crippen LogP contribution in [-0.4, -0.2) is 48.8 Å². The maximum absolute atomic E-state index is 5.47. The molecule has 114 valence electrons. The number of nitrogens with two attached hydrogens (primary N) is 1. The molecule has 0 aliphatic rings. The van der Waals surface area contributed by atoms with E-state index in [1.807, 2.05) is 12.1 Å². The van der Waals surface area contributed by atoms with Crippen molar-refractivity contribution in [3.05, 3.63) is 12.1 Å². The number of nitrogens with one attached hydrogen (secondary N) is 1. The number of hydrogen-bond acceptors (Lipinski definition) is 7. The molecule has 3 N–H and O–H groups in total. The lowest BCUT2D eigenvalue weighted by atomic mass is 10.1. The predicted octanol–water partition coefficient (Wildman–Crippen LogP) is 1.55. The molecule has 2 rings (SSSR count). The second-order valence-corrected chi connectivity index (χ2v) is 5.08. The Balaban J connectivity index is 2.37. The summed E-state index contributed by atoms with van der Waals surface area (Å²) in [5, 5.41) is 7.70. The standard InChI is InChI=1S/C13H18N4O3S/c1-18-9-6-8(7-10(19-2)11(9)20-3)12-15-13(17-16-12)21-5-4-14/h6-7H,4-5,14H2,1-3H3,(H,15,16,17). The van der Waals surface area contributed by atoms with Gasteiger partial charge in [0.2, 0.25) is 10.9 Å². The molecular weight excluding hydrogens is 292 g/mol. The van der Waals surface area contributed by atoms with Crippen molar-refractivity contribution >= 4 is 11.8 Å². The summed E-state index contributed by atoms with van der Waals surface area (Å²) in [5.41, 5.74) is 6.27. The molecule has 1 aromatic heterocycles. The summed E-state index contributed by atoms with van der Waals surface area (Å²) in [6, 6.07) is 3.64. The van der Waals surface area contributed by atoms with Crippen molar-refractivity contribution in [2.75, 3.05) is 33.6 Å². The van der Waals surface area contributed by atoms with Crippen LogP contribution in [0.15, 0.2) is 17.3 Å². The first kappa shape index (κ1) is 15.5. The van der Waals surface area contributed by atoms with Crippen LogP contribution in [0.1, 0.15) is 0 Å². The predicted molar refractivity (Wildman–Crippen MR) is 81.3 cm³/mol. The maximum Gasteiger partial charge on any atom is 0.208 e. The Hall–Kier alpha value is -1.93. The van der Waals surface area contributed by atoms with E-state index in [0.29, 0.717) is 34.8 Å². The molecule has 0 saturated carbocycles. The lowest BCUT2D eigenvalue weighted by molar-refractivity contribution is 0.324.